The van der Waals surface area contributed by atoms with Crippen molar-refractivity contribution >= 4 is 27.4 Å². The number of rotatable bonds is 4. The van der Waals surface area contributed by atoms with E-state index in [1.165, 1.54) is 6.26 Å². The lowest BCUT2D eigenvalue weighted by Gasteiger charge is -2.38. The molecule has 8 heteroatoms. The fourth-order valence-electron chi connectivity index (χ4n) is 5.85. The second kappa shape index (κ2) is 8.63. The zero-order valence-electron chi connectivity index (χ0n) is 19.1. The first-order valence-corrected chi connectivity index (χ1v) is 13.7. The highest BCUT2D eigenvalue weighted by atomic mass is 32.2. The quantitative estimate of drug-likeness (QED) is 0.746. The molecule has 5 rings (SSSR count). The minimum atomic E-state index is -3.32. The highest BCUT2D eigenvalue weighted by Crippen LogP contribution is 2.50. The first-order valence-electron chi connectivity index (χ1n) is 11.9. The van der Waals surface area contributed by atoms with Gasteiger partial charge >= 0.3 is 0 Å². The van der Waals surface area contributed by atoms with Gasteiger partial charge in [-0.25, -0.2) is 13.4 Å². The van der Waals surface area contributed by atoms with Gasteiger partial charge in [-0.2, -0.15) is 0 Å². The molecule has 1 aliphatic carbocycles. The molecule has 2 aromatic rings. The van der Waals surface area contributed by atoms with Crippen LogP contribution in [0, 0.1) is 5.92 Å². The lowest BCUT2D eigenvalue weighted by Crippen LogP contribution is -2.48. The molecule has 1 amide bonds. The van der Waals surface area contributed by atoms with Gasteiger partial charge in [0.25, 0.3) is 0 Å². The van der Waals surface area contributed by atoms with Crippen molar-refractivity contribution in [2.45, 2.75) is 50.0 Å². The second-order valence-electron chi connectivity index (χ2n) is 9.80. The molecule has 2 aliphatic heterocycles. The number of amides is 1. The van der Waals surface area contributed by atoms with Crippen LogP contribution < -0.4 is 14.5 Å². The van der Waals surface area contributed by atoms with Crippen molar-refractivity contribution in [3.8, 4) is 0 Å². The Morgan fingerprint density at radius 1 is 1.03 bits per heavy atom. The number of para-hydroxylation sites is 1. The van der Waals surface area contributed by atoms with Crippen LogP contribution in [0.2, 0.25) is 0 Å². The van der Waals surface area contributed by atoms with Gasteiger partial charge in [-0.1, -0.05) is 24.3 Å². The molecule has 1 aromatic carbocycles. The molecule has 176 valence electrons. The number of carbonyl (C=O) groups is 1. The molecule has 1 saturated carbocycles. The van der Waals surface area contributed by atoms with Crippen LogP contribution in [0.4, 0.5) is 11.5 Å². The van der Waals surface area contributed by atoms with E-state index in [1.54, 1.807) is 4.31 Å². The van der Waals surface area contributed by atoms with Gasteiger partial charge in [-0.05, 0) is 62.3 Å². The summed E-state index contributed by atoms with van der Waals surface area (Å²) < 4.78 is 26.3. The van der Waals surface area contributed by atoms with Crippen LogP contribution >= 0.6 is 0 Å². The van der Waals surface area contributed by atoms with Crippen molar-refractivity contribution in [1.82, 2.24) is 10.3 Å². The van der Waals surface area contributed by atoms with Crippen molar-refractivity contribution in [3.63, 3.8) is 0 Å². The Hall–Kier alpha value is -2.61. The van der Waals surface area contributed by atoms with Crippen LogP contribution in [0.25, 0.3) is 0 Å². The van der Waals surface area contributed by atoms with E-state index in [4.69, 9.17) is 0 Å². The number of fused-ring (bicyclic) bond motifs is 2. The standard InChI is InChI=1S/C25H32N4O3S/c1-33(31,32)29-18-25(21-6-2-3-7-22(21)29)13-9-19(10-14-25)24(30)27-20-11-16-28(17-12-20)23-8-4-5-15-26-23/h2-8,15,19-20H,9-14,16-18H2,1H3,(H,27,30)/t19-,25-. The summed E-state index contributed by atoms with van der Waals surface area (Å²) in [6, 6.07) is 14.0. The Kier molecular flexibility index (Phi) is 5.80. The number of piperidine rings is 1. The number of aromatic nitrogens is 1. The summed E-state index contributed by atoms with van der Waals surface area (Å²) in [5, 5.41) is 3.30. The third kappa shape index (κ3) is 4.33. The van der Waals surface area contributed by atoms with E-state index < -0.39 is 10.0 Å². The second-order valence-corrected chi connectivity index (χ2v) is 11.7. The number of sulfonamides is 1. The molecule has 33 heavy (non-hydrogen) atoms. The summed E-state index contributed by atoms with van der Waals surface area (Å²) in [6.45, 7) is 2.28. The first kappa shape index (κ1) is 22.2. The number of carbonyl (C=O) groups excluding carboxylic acids is 1. The summed E-state index contributed by atoms with van der Waals surface area (Å²) in [4.78, 5) is 19.8. The largest absolute Gasteiger partial charge is 0.356 e. The van der Waals surface area contributed by atoms with E-state index >= 15 is 0 Å². The molecule has 7 nitrogen and oxygen atoms in total. The van der Waals surface area contributed by atoms with Crippen LogP contribution in [0.3, 0.4) is 0 Å². The van der Waals surface area contributed by atoms with Gasteiger partial charge in [0.15, 0.2) is 0 Å². The van der Waals surface area contributed by atoms with Crippen LogP contribution in [-0.2, 0) is 20.2 Å². The molecule has 1 aromatic heterocycles. The highest BCUT2D eigenvalue weighted by Gasteiger charge is 2.48. The lowest BCUT2D eigenvalue weighted by atomic mass is 9.67. The molecule has 1 saturated heterocycles. The maximum atomic E-state index is 13.0. The molecule has 0 bridgehead atoms. The van der Waals surface area contributed by atoms with E-state index in [1.807, 2.05) is 42.6 Å². The Morgan fingerprint density at radius 3 is 2.39 bits per heavy atom. The molecule has 0 atom stereocenters. The Labute approximate surface area is 196 Å². The fraction of sp³-hybridized carbons (Fsp3) is 0.520. The number of benzene rings is 1. The van der Waals surface area contributed by atoms with Gasteiger partial charge in [-0.3, -0.25) is 9.10 Å². The van der Waals surface area contributed by atoms with Gasteiger partial charge in [0.05, 0.1) is 11.9 Å². The third-order valence-electron chi connectivity index (χ3n) is 7.72. The van der Waals surface area contributed by atoms with E-state index in [2.05, 4.69) is 21.3 Å². The third-order valence-corrected chi connectivity index (χ3v) is 8.85. The lowest BCUT2D eigenvalue weighted by molar-refractivity contribution is -0.127. The minimum absolute atomic E-state index is 0.00360. The predicted octanol–water partition coefficient (Wildman–Crippen LogP) is 3.07. The summed E-state index contributed by atoms with van der Waals surface area (Å²) in [6.07, 6.45) is 8.22. The van der Waals surface area contributed by atoms with Gasteiger partial charge in [0, 0.05) is 43.2 Å². The van der Waals surface area contributed by atoms with Crippen LogP contribution in [0.15, 0.2) is 48.7 Å². The average Bonchev–Trinajstić information content (AvgIpc) is 3.15. The van der Waals surface area contributed by atoms with Gasteiger partial charge < -0.3 is 10.2 Å². The summed E-state index contributed by atoms with van der Waals surface area (Å²) in [7, 11) is -3.32. The van der Waals surface area contributed by atoms with E-state index in [-0.39, 0.29) is 23.3 Å². The zero-order valence-corrected chi connectivity index (χ0v) is 19.9. The van der Waals surface area contributed by atoms with Crippen LogP contribution in [0.1, 0.15) is 44.1 Å². The molecule has 0 unspecified atom stereocenters. The van der Waals surface area contributed by atoms with E-state index in [9.17, 15) is 13.2 Å². The molecule has 0 radical (unpaired) electrons. The van der Waals surface area contributed by atoms with Crippen molar-refractivity contribution in [1.29, 1.82) is 0 Å². The molecule has 1 spiro atoms. The Bertz CT molecular complexity index is 1110. The number of pyridine rings is 1. The zero-order chi connectivity index (χ0) is 23.1. The molecular weight excluding hydrogens is 436 g/mol. The Balaban J connectivity index is 1.18. The molecular formula is C25H32N4O3S. The first-order chi connectivity index (χ1) is 15.9. The van der Waals surface area contributed by atoms with E-state index in [0.29, 0.717) is 6.54 Å². The average molecular weight is 469 g/mol. The predicted molar refractivity (Wildman–Crippen MR) is 130 cm³/mol. The smallest absolute Gasteiger partial charge is 0.232 e. The van der Waals surface area contributed by atoms with Crippen molar-refractivity contribution in [2.24, 2.45) is 5.92 Å². The number of nitrogens with zero attached hydrogens (tertiary/aromatic N) is 3. The van der Waals surface area contributed by atoms with Gasteiger partial charge in [0.2, 0.25) is 15.9 Å². The van der Waals surface area contributed by atoms with Crippen molar-refractivity contribution in [2.75, 3.05) is 35.1 Å². The fourth-order valence-corrected chi connectivity index (χ4v) is 6.85. The number of hydrogen-bond donors (Lipinski definition) is 1. The minimum Gasteiger partial charge on any atom is -0.356 e. The molecule has 3 aliphatic rings. The number of hydrogen-bond acceptors (Lipinski definition) is 5. The number of nitrogens with one attached hydrogen (secondary N) is 1. The van der Waals surface area contributed by atoms with Crippen molar-refractivity contribution in [3.05, 3.63) is 54.2 Å². The summed E-state index contributed by atoms with van der Waals surface area (Å²) in [5.41, 5.74) is 1.75. The number of anilines is 2. The summed E-state index contributed by atoms with van der Waals surface area (Å²) >= 11 is 0. The monoisotopic (exact) mass is 468 g/mol. The topological polar surface area (TPSA) is 82.6 Å². The van der Waals surface area contributed by atoms with Crippen LogP contribution in [0.5, 0.6) is 0 Å². The highest BCUT2D eigenvalue weighted by molar-refractivity contribution is 7.92. The summed E-state index contributed by atoms with van der Waals surface area (Å²) in [5.74, 6) is 1.16. The molecule has 1 N–H and O–H groups in total. The van der Waals surface area contributed by atoms with Gasteiger partial charge in [-0.15, -0.1) is 0 Å². The van der Waals surface area contributed by atoms with Crippen molar-refractivity contribution < 1.29 is 13.2 Å². The van der Waals surface area contributed by atoms with E-state index in [0.717, 1.165) is 68.7 Å². The van der Waals surface area contributed by atoms with Gasteiger partial charge in [0.1, 0.15) is 5.82 Å². The normalized spacial score (nSPS) is 25.8. The molecule has 2 fully saturated rings. The maximum absolute atomic E-state index is 13.0. The SMILES string of the molecule is CS(=O)(=O)N1C[C@]2(CC[C@@H](C(=O)NC3CCN(c4ccccn4)CC3)CC2)c2ccccc21. The molecule has 3 heterocycles. The van der Waals surface area contributed by atoms with Crippen LogP contribution in [-0.4, -0.2) is 51.2 Å². The Morgan fingerprint density at radius 2 is 1.73 bits per heavy atom. The maximum Gasteiger partial charge on any atom is 0.232 e.